The molecule has 1 saturated heterocycles. The summed E-state index contributed by atoms with van der Waals surface area (Å²) in [4.78, 5) is 6.74. The normalized spacial score (nSPS) is 20.2. The molecule has 1 aliphatic heterocycles. The van der Waals surface area contributed by atoms with Crippen molar-refractivity contribution >= 4 is 47.1 Å². The number of fused-ring (bicyclic) bond motifs is 1. The first kappa shape index (κ1) is 32.7. The van der Waals surface area contributed by atoms with Gasteiger partial charge in [0.05, 0.1) is 24.0 Å². The Morgan fingerprint density at radius 2 is 1.82 bits per heavy atom. The van der Waals surface area contributed by atoms with Crippen LogP contribution in [0.2, 0.25) is 0 Å². The van der Waals surface area contributed by atoms with E-state index in [9.17, 15) is 5.11 Å². The zero-order valence-corrected chi connectivity index (χ0v) is 26.0. The number of aromatic nitrogens is 1. The van der Waals surface area contributed by atoms with E-state index in [2.05, 4.69) is 53.3 Å². The number of hydrogen-bond donors (Lipinski definition) is 1. The topological polar surface area (TPSA) is 85.8 Å². The molecule has 5 rings (SSSR count). The Bertz CT molecular complexity index is 1240. The van der Waals surface area contributed by atoms with Gasteiger partial charge in [-0.3, -0.25) is 4.90 Å². The highest BCUT2D eigenvalue weighted by Crippen LogP contribution is 2.34. The molecule has 7 nitrogen and oxygen atoms in total. The summed E-state index contributed by atoms with van der Waals surface area (Å²) in [5.41, 5.74) is 2.98. The molecule has 0 amide bonds. The van der Waals surface area contributed by atoms with Crippen molar-refractivity contribution in [2.75, 3.05) is 33.8 Å². The van der Waals surface area contributed by atoms with Crippen LogP contribution in [0.15, 0.2) is 28.8 Å². The third kappa shape index (κ3) is 8.34. The lowest BCUT2D eigenvalue weighted by molar-refractivity contribution is 0.0914. The third-order valence-electron chi connectivity index (χ3n) is 8.19. The smallest absolute Gasteiger partial charge is 0.175 e. The number of thiophene rings is 1. The van der Waals surface area contributed by atoms with E-state index in [1.54, 1.807) is 11.3 Å². The van der Waals surface area contributed by atoms with Crippen molar-refractivity contribution in [2.24, 2.45) is 11.8 Å². The quantitative estimate of drug-likeness (QED) is 0.283. The van der Waals surface area contributed by atoms with Crippen molar-refractivity contribution in [3.63, 3.8) is 0 Å². The molecule has 2 aromatic heterocycles. The van der Waals surface area contributed by atoms with Gasteiger partial charge in [-0.2, -0.15) is 5.26 Å². The van der Waals surface area contributed by atoms with Crippen LogP contribution in [-0.2, 0) is 19.5 Å². The monoisotopic (exact) mass is 608 g/mol. The highest BCUT2D eigenvalue weighted by molar-refractivity contribution is 7.12. The van der Waals surface area contributed by atoms with Gasteiger partial charge in [0.25, 0.3) is 0 Å². The molecule has 0 atom stereocenters. The van der Waals surface area contributed by atoms with E-state index in [0.717, 1.165) is 97.6 Å². The van der Waals surface area contributed by atoms with Crippen LogP contribution < -0.4 is 4.74 Å². The van der Waals surface area contributed by atoms with Crippen molar-refractivity contribution in [3.05, 3.63) is 45.3 Å². The van der Waals surface area contributed by atoms with Gasteiger partial charge in [-0.05, 0) is 115 Å². The van der Waals surface area contributed by atoms with Crippen LogP contribution in [0.5, 0.6) is 5.75 Å². The predicted molar refractivity (Wildman–Crippen MR) is 165 cm³/mol. The summed E-state index contributed by atoms with van der Waals surface area (Å²) < 4.78 is 12.3. The molecule has 1 saturated carbocycles. The van der Waals surface area contributed by atoms with Crippen LogP contribution in [-0.4, -0.2) is 60.0 Å². The summed E-state index contributed by atoms with van der Waals surface area (Å²) >= 11 is 1.61. The second kappa shape index (κ2) is 15.4. The van der Waals surface area contributed by atoms with Crippen LogP contribution in [0.3, 0.4) is 0 Å². The first-order chi connectivity index (χ1) is 18.5. The minimum atomic E-state index is -0.142. The Kier molecular flexibility index (Phi) is 12.6. The molecule has 0 spiro atoms. The van der Waals surface area contributed by atoms with E-state index in [0.29, 0.717) is 18.4 Å². The Hall–Kier alpha value is -1.86. The first-order valence-corrected chi connectivity index (χ1v) is 14.9. The van der Waals surface area contributed by atoms with Crippen LogP contribution in [0, 0.1) is 23.2 Å². The Morgan fingerprint density at radius 3 is 2.50 bits per heavy atom. The van der Waals surface area contributed by atoms with Gasteiger partial charge >= 0.3 is 0 Å². The summed E-state index contributed by atoms with van der Waals surface area (Å²) in [5.74, 6) is 2.09. The number of nitriles is 1. The highest BCUT2D eigenvalue weighted by atomic mass is 35.5. The summed E-state index contributed by atoms with van der Waals surface area (Å²) in [6.45, 7) is 4.59. The number of halogens is 2. The molecule has 0 unspecified atom stereocenters. The molecule has 1 aromatic carbocycles. The minimum Gasteiger partial charge on any atom is -0.493 e. The van der Waals surface area contributed by atoms with Gasteiger partial charge in [0.2, 0.25) is 0 Å². The molecule has 0 radical (unpaired) electrons. The van der Waals surface area contributed by atoms with Crippen molar-refractivity contribution in [1.29, 1.82) is 5.26 Å². The molecular weight excluding hydrogens is 567 g/mol. The maximum Gasteiger partial charge on any atom is 0.175 e. The molecule has 3 heterocycles. The van der Waals surface area contributed by atoms with Crippen LogP contribution in [0.1, 0.15) is 66.0 Å². The van der Waals surface area contributed by atoms with Crippen molar-refractivity contribution in [3.8, 4) is 11.8 Å². The number of hydrogen-bond acceptors (Lipinski definition) is 8. The van der Waals surface area contributed by atoms with Crippen molar-refractivity contribution in [1.82, 2.24) is 15.0 Å². The molecule has 2 aliphatic rings. The number of aliphatic hydroxyl groups is 1. The minimum absolute atomic E-state index is 0. The summed E-state index contributed by atoms with van der Waals surface area (Å²) in [5, 5.41) is 24.5. The van der Waals surface area contributed by atoms with E-state index >= 15 is 0 Å². The molecule has 10 heteroatoms. The SMILES string of the molecule is CN(C)Cc1c(OCC2CCC(O)CC2)ccc2c(CCC3CCN(Cc4ccc(C#N)s4)CC3)noc12.Cl.Cl. The van der Waals surface area contributed by atoms with E-state index in [-0.39, 0.29) is 30.9 Å². The summed E-state index contributed by atoms with van der Waals surface area (Å²) in [6.07, 6.45) is 8.11. The van der Waals surface area contributed by atoms with E-state index < -0.39 is 0 Å². The fourth-order valence-corrected chi connectivity index (χ4v) is 6.76. The van der Waals surface area contributed by atoms with Crippen LogP contribution in [0.25, 0.3) is 11.0 Å². The maximum atomic E-state index is 9.80. The lowest BCUT2D eigenvalue weighted by atomic mass is 9.88. The largest absolute Gasteiger partial charge is 0.493 e. The number of aryl methyl sites for hydroxylation is 1. The van der Waals surface area contributed by atoms with Gasteiger partial charge in [-0.1, -0.05) is 5.16 Å². The molecular formula is C30H42Cl2N4O3S. The lowest BCUT2D eigenvalue weighted by Crippen LogP contribution is -2.33. The molecule has 2 fully saturated rings. The van der Waals surface area contributed by atoms with Gasteiger partial charge in [-0.15, -0.1) is 36.2 Å². The van der Waals surface area contributed by atoms with Crippen LogP contribution in [0.4, 0.5) is 0 Å². The standard InChI is InChI=1S/C30H40N4O3S.2ClH/c1-33(2)19-27-29(36-20-22-3-6-23(35)7-4-22)12-10-26-28(32-37-30(26)27)11-5-21-13-15-34(16-14-21)18-25-9-8-24(17-31)38-25;;/h8-10,12,21-23,35H,3-7,11,13-16,18-20H2,1-2H3;2*1H. The summed E-state index contributed by atoms with van der Waals surface area (Å²) in [6, 6.07) is 10.5. The second-order valence-electron chi connectivity index (χ2n) is 11.4. The van der Waals surface area contributed by atoms with Gasteiger partial charge in [0.15, 0.2) is 5.58 Å². The number of likely N-dealkylation sites (tertiary alicyclic amines) is 1. The van der Waals surface area contributed by atoms with Gasteiger partial charge in [-0.25, -0.2) is 0 Å². The van der Waals surface area contributed by atoms with E-state index in [1.807, 2.05) is 6.07 Å². The average Bonchev–Trinajstić information content (AvgIpc) is 3.55. The first-order valence-electron chi connectivity index (χ1n) is 14.1. The lowest BCUT2D eigenvalue weighted by Gasteiger charge is -2.31. The van der Waals surface area contributed by atoms with Gasteiger partial charge in [0.1, 0.15) is 16.7 Å². The fourth-order valence-electron chi connectivity index (χ4n) is 5.91. The number of rotatable bonds is 10. The fraction of sp³-hybridized carbons (Fsp3) is 0.600. The molecule has 3 aromatic rings. The average molecular weight is 610 g/mol. The number of benzene rings is 1. The number of aliphatic hydroxyl groups excluding tert-OH is 1. The zero-order chi connectivity index (χ0) is 26.5. The molecule has 40 heavy (non-hydrogen) atoms. The van der Waals surface area contributed by atoms with Gasteiger partial charge < -0.3 is 19.3 Å². The Morgan fingerprint density at radius 1 is 1.07 bits per heavy atom. The Balaban J connectivity index is 0.00000220. The Labute approximate surface area is 254 Å². The van der Waals surface area contributed by atoms with E-state index in [4.69, 9.17) is 14.5 Å². The number of ether oxygens (including phenoxy) is 1. The molecule has 1 aliphatic carbocycles. The molecule has 220 valence electrons. The van der Waals surface area contributed by atoms with Gasteiger partial charge in [0, 0.05) is 23.4 Å². The molecule has 0 bridgehead atoms. The maximum absolute atomic E-state index is 9.80. The molecule has 1 N–H and O–H groups in total. The second-order valence-corrected chi connectivity index (χ2v) is 12.6. The predicted octanol–water partition coefficient (Wildman–Crippen LogP) is 6.44. The summed E-state index contributed by atoms with van der Waals surface area (Å²) in [7, 11) is 4.13. The van der Waals surface area contributed by atoms with Crippen molar-refractivity contribution in [2.45, 2.75) is 70.6 Å². The van der Waals surface area contributed by atoms with E-state index in [1.165, 1.54) is 17.7 Å². The number of piperidine rings is 1. The highest BCUT2D eigenvalue weighted by Gasteiger charge is 2.24. The third-order valence-corrected chi connectivity index (χ3v) is 9.16. The van der Waals surface area contributed by atoms with Crippen molar-refractivity contribution < 1.29 is 14.4 Å². The number of nitrogens with zero attached hydrogens (tertiary/aromatic N) is 4. The van der Waals surface area contributed by atoms with Crippen LogP contribution >= 0.6 is 36.2 Å². The zero-order valence-electron chi connectivity index (χ0n) is 23.5.